The molecule has 0 aliphatic heterocycles. The molecule has 0 heterocycles. The van der Waals surface area contributed by atoms with Gasteiger partial charge in [-0.05, 0) is 24.6 Å². The molecular weight excluding hydrogens is 253 g/mol. The first kappa shape index (κ1) is 14.9. The molecule has 0 radical (unpaired) electrons. The molecule has 18 heavy (non-hydrogen) atoms. The molecule has 1 N–H and O–H groups in total. The van der Waals surface area contributed by atoms with Crippen LogP contribution in [0.15, 0.2) is 18.2 Å². The zero-order chi connectivity index (χ0) is 13.8. The Morgan fingerprint density at radius 2 is 1.89 bits per heavy atom. The molecule has 0 amide bonds. The highest BCUT2D eigenvalue weighted by Gasteiger charge is 2.32. The van der Waals surface area contributed by atoms with Gasteiger partial charge in [0.05, 0.1) is 6.42 Å². The van der Waals surface area contributed by atoms with Gasteiger partial charge in [0, 0.05) is 6.04 Å². The molecule has 0 fully saturated rings. The summed E-state index contributed by atoms with van der Waals surface area (Å²) in [7, 11) is 0. The highest BCUT2D eigenvalue weighted by molar-refractivity contribution is 5.20. The lowest BCUT2D eigenvalue weighted by Gasteiger charge is -2.19. The molecule has 0 spiro atoms. The first-order chi connectivity index (χ1) is 8.33. The highest BCUT2D eigenvalue weighted by Crippen LogP contribution is 2.24. The second-order valence-electron chi connectivity index (χ2n) is 3.99. The molecule has 1 rings (SSSR count). The molecule has 0 bridgehead atoms. The average molecular weight is 267 g/mol. The van der Waals surface area contributed by atoms with Gasteiger partial charge in [-0.1, -0.05) is 19.1 Å². The van der Waals surface area contributed by atoms with E-state index in [1.54, 1.807) is 6.92 Å². The molecule has 6 heteroatoms. The van der Waals surface area contributed by atoms with Crippen molar-refractivity contribution in [3.8, 4) is 0 Å². The van der Waals surface area contributed by atoms with Gasteiger partial charge < -0.3 is 5.32 Å². The second-order valence-corrected chi connectivity index (χ2v) is 3.99. The maximum Gasteiger partial charge on any atom is 0.390 e. The summed E-state index contributed by atoms with van der Waals surface area (Å²) in [5, 5.41) is 2.63. The van der Waals surface area contributed by atoms with Gasteiger partial charge in [-0.3, -0.25) is 0 Å². The largest absolute Gasteiger partial charge is 0.390 e. The van der Waals surface area contributed by atoms with Crippen LogP contribution < -0.4 is 5.32 Å². The van der Waals surface area contributed by atoms with Crippen LogP contribution in [0.1, 0.15) is 18.9 Å². The summed E-state index contributed by atoms with van der Waals surface area (Å²) >= 11 is 0. The van der Waals surface area contributed by atoms with Crippen molar-refractivity contribution >= 4 is 0 Å². The Morgan fingerprint density at radius 1 is 1.22 bits per heavy atom. The van der Waals surface area contributed by atoms with Crippen LogP contribution in [0.25, 0.3) is 0 Å². The molecule has 0 saturated heterocycles. The number of nitrogens with one attached hydrogen (secondary N) is 1. The number of alkyl halides is 3. The third-order valence-electron chi connectivity index (χ3n) is 2.47. The van der Waals surface area contributed by atoms with Gasteiger partial charge >= 0.3 is 6.18 Å². The van der Waals surface area contributed by atoms with Crippen LogP contribution in [0.2, 0.25) is 0 Å². The molecule has 0 aliphatic rings. The monoisotopic (exact) mass is 267 g/mol. The first-order valence-electron chi connectivity index (χ1n) is 5.56. The van der Waals surface area contributed by atoms with Crippen molar-refractivity contribution in [2.75, 3.05) is 6.54 Å². The molecule has 1 aromatic carbocycles. The Balaban J connectivity index is 2.80. The fourth-order valence-corrected chi connectivity index (χ4v) is 1.76. The van der Waals surface area contributed by atoms with E-state index in [-0.39, 0.29) is 12.0 Å². The van der Waals surface area contributed by atoms with Crippen LogP contribution in [0, 0.1) is 11.6 Å². The van der Waals surface area contributed by atoms with Gasteiger partial charge in [-0.2, -0.15) is 13.2 Å². The lowest BCUT2D eigenvalue weighted by Crippen LogP contribution is -2.35. The third-order valence-corrected chi connectivity index (χ3v) is 2.47. The predicted octanol–water partition coefficient (Wildman–Crippen LogP) is 3.44. The van der Waals surface area contributed by atoms with Crippen molar-refractivity contribution < 1.29 is 22.0 Å². The number of hydrogen-bond donors (Lipinski definition) is 1. The van der Waals surface area contributed by atoms with Gasteiger partial charge in [-0.15, -0.1) is 0 Å². The number of benzene rings is 1. The minimum atomic E-state index is -4.34. The quantitative estimate of drug-likeness (QED) is 0.806. The second kappa shape index (κ2) is 6.13. The summed E-state index contributed by atoms with van der Waals surface area (Å²) in [5.74, 6) is -2.13. The average Bonchev–Trinajstić information content (AvgIpc) is 2.23. The van der Waals surface area contributed by atoms with E-state index < -0.39 is 30.3 Å². The molecule has 102 valence electrons. The molecular formula is C12H14F5N. The fraction of sp³-hybridized carbons (Fsp3) is 0.500. The normalized spacial score (nSPS) is 13.7. The van der Waals surface area contributed by atoms with E-state index in [0.29, 0.717) is 6.54 Å². The van der Waals surface area contributed by atoms with Crippen molar-refractivity contribution in [3.63, 3.8) is 0 Å². The lowest BCUT2D eigenvalue weighted by molar-refractivity contribution is -0.139. The van der Waals surface area contributed by atoms with E-state index >= 15 is 0 Å². The summed E-state index contributed by atoms with van der Waals surface area (Å²) in [4.78, 5) is 0. The Kier molecular flexibility index (Phi) is 5.07. The first-order valence-corrected chi connectivity index (χ1v) is 5.56. The Bertz CT molecular complexity index is 389. The van der Waals surface area contributed by atoms with E-state index in [0.717, 1.165) is 6.07 Å². The van der Waals surface area contributed by atoms with Crippen LogP contribution in [0.4, 0.5) is 22.0 Å². The molecule has 0 aromatic heterocycles. The van der Waals surface area contributed by atoms with Gasteiger partial charge in [0.1, 0.15) is 0 Å². The minimum absolute atomic E-state index is 0.0507. The lowest BCUT2D eigenvalue weighted by atomic mass is 10.0. The molecule has 1 unspecified atom stereocenters. The zero-order valence-electron chi connectivity index (χ0n) is 9.82. The smallest absolute Gasteiger partial charge is 0.314 e. The Labute approximate surface area is 102 Å². The standard InChI is InChI=1S/C12H14F5N/c1-2-18-9(7-12(15,16)17)6-8-4-3-5-10(13)11(8)14/h3-5,9,18H,2,6-7H2,1H3. The van der Waals surface area contributed by atoms with Gasteiger partial charge in [-0.25, -0.2) is 8.78 Å². The van der Waals surface area contributed by atoms with Crippen molar-refractivity contribution in [1.29, 1.82) is 0 Å². The van der Waals surface area contributed by atoms with E-state index in [9.17, 15) is 22.0 Å². The third kappa shape index (κ3) is 4.60. The van der Waals surface area contributed by atoms with Crippen molar-refractivity contribution in [2.24, 2.45) is 0 Å². The number of hydrogen-bond acceptors (Lipinski definition) is 1. The Morgan fingerprint density at radius 3 is 2.44 bits per heavy atom. The van der Waals surface area contributed by atoms with Crippen LogP contribution in [-0.2, 0) is 6.42 Å². The molecule has 0 saturated carbocycles. The van der Waals surface area contributed by atoms with Gasteiger partial charge in [0.2, 0.25) is 0 Å². The maximum atomic E-state index is 13.4. The number of halogens is 5. The van der Waals surface area contributed by atoms with Crippen molar-refractivity contribution in [3.05, 3.63) is 35.4 Å². The Hall–Kier alpha value is -1.17. The molecule has 1 atom stereocenters. The number of likely N-dealkylation sites (N-methyl/N-ethyl adjacent to an activating group) is 1. The van der Waals surface area contributed by atoms with E-state index in [1.807, 2.05) is 0 Å². The van der Waals surface area contributed by atoms with Crippen LogP contribution in [-0.4, -0.2) is 18.8 Å². The fourth-order valence-electron chi connectivity index (χ4n) is 1.76. The van der Waals surface area contributed by atoms with Crippen LogP contribution in [0.5, 0.6) is 0 Å². The summed E-state index contributed by atoms with van der Waals surface area (Å²) in [5.41, 5.74) is -0.0507. The molecule has 0 aliphatic carbocycles. The van der Waals surface area contributed by atoms with Crippen molar-refractivity contribution in [1.82, 2.24) is 5.32 Å². The van der Waals surface area contributed by atoms with E-state index in [1.165, 1.54) is 12.1 Å². The minimum Gasteiger partial charge on any atom is -0.314 e. The summed E-state index contributed by atoms with van der Waals surface area (Å²) in [6, 6.07) is 2.56. The van der Waals surface area contributed by atoms with E-state index in [4.69, 9.17) is 0 Å². The van der Waals surface area contributed by atoms with E-state index in [2.05, 4.69) is 5.32 Å². The summed E-state index contributed by atoms with van der Waals surface area (Å²) in [6.45, 7) is 1.99. The topological polar surface area (TPSA) is 12.0 Å². The molecule has 1 aromatic rings. The SMILES string of the molecule is CCNC(Cc1cccc(F)c1F)CC(F)(F)F. The zero-order valence-corrected chi connectivity index (χ0v) is 9.82. The van der Waals surface area contributed by atoms with Gasteiger partial charge in [0.25, 0.3) is 0 Å². The molecule has 1 nitrogen and oxygen atoms in total. The van der Waals surface area contributed by atoms with Crippen LogP contribution in [0.3, 0.4) is 0 Å². The maximum absolute atomic E-state index is 13.4. The van der Waals surface area contributed by atoms with Crippen molar-refractivity contribution in [2.45, 2.75) is 32.0 Å². The van der Waals surface area contributed by atoms with Crippen LogP contribution >= 0.6 is 0 Å². The predicted molar refractivity (Wildman–Crippen MR) is 58.2 cm³/mol. The summed E-state index contributed by atoms with van der Waals surface area (Å²) < 4.78 is 63.2. The van der Waals surface area contributed by atoms with Gasteiger partial charge in [0.15, 0.2) is 11.6 Å². The summed E-state index contributed by atoms with van der Waals surface area (Å²) in [6.07, 6.45) is -5.61. The number of rotatable bonds is 5. The highest BCUT2D eigenvalue weighted by atomic mass is 19.4.